The fourth-order valence-electron chi connectivity index (χ4n) is 1.46. The summed E-state index contributed by atoms with van der Waals surface area (Å²) in [5.74, 6) is 6.01. The lowest BCUT2D eigenvalue weighted by Gasteiger charge is -2.08. The summed E-state index contributed by atoms with van der Waals surface area (Å²) in [5, 5.41) is 10.7. The number of thioether (sulfide) groups is 1. The van der Waals surface area contributed by atoms with E-state index in [1.807, 2.05) is 6.26 Å². The van der Waals surface area contributed by atoms with Crippen LogP contribution in [0.15, 0.2) is 23.1 Å². The van der Waals surface area contributed by atoms with Crippen molar-refractivity contribution in [1.29, 1.82) is 0 Å². The number of nitro groups is 1. The van der Waals surface area contributed by atoms with Gasteiger partial charge in [-0.05, 0) is 30.6 Å². The molecule has 1 aromatic carbocycles. The third-order valence-corrected chi connectivity index (χ3v) is 4.60. The molecule has 0 fully saturated rings. The molecule has 0 spiro atoms. The molecular formula is C10H16N4O4S2. The minimum Gasteiger partial charge on any atom is -0.318 e. The van der Waals surface area contributed by atoms with Gasteiger partial charge in [0.15, 0.2) is 0 Å². The molecule has 0 unspecified atom stereocenters. The molecule has 0 radical (unpaired) electrons. The van der Waals surface area contributed by atoms with Crippen LogP contribution in [0.2, 0.25) is 0 Å². The Labute approximate surface area is 121 Å². The van der Waals surface area contributed by atoms with Crippen LogP contribution in [0.5, 0.6) is 0 Å². The molecular weight excluding hydrogens is 304 g/mol. The predicted octanol–water partition coefficient (Wildman–Crippen LogP) is 0.912. The first kappa shape index (κ1) is 16.7. The van der Waals surface area contributed by atoms with Crippen molar-refractivity contribution in [2.75, 3.05) is 24.0 Å². The molecule has 0 aliphatic heterocycles. The molecule has 1 aromatic rings. The summed E-state index contributed by atoms with van der Waals surface area (Å²) in [7, 11) is -3.69. The molecule has 8 nitrogen and oxygen atoms in total. The number of hydrogen-bond donors (Lipinski definition) is 3. The molecule has 0 aliphatic carbocycles. The Morgan fingerprint density at radius 1 is 1.45 bits per heavy atom. The smallest absolute Gasteiger partial charge is 0.293 e. The quantitative estimate of drug-likeness (QED) is 0.281. The van der Waals surface area contributed by atoms with E-state index in [1.54, 1.807) is 11.8 Å². The Hall–Kier alpha value is -1.36. The van der Waals surface area contributed by atoms with Gasteiger partial charge in [0.1, 0.15) is 5.69 Å². The Balaban J connectivity index is 2.93. The Morgan fingerprint density at radius 2 is 2.15 bits per heavy atom. The second-order valence-corrected chi connectivity index (χ2v) is 6.58. The van der Waals surface area contributed by atoms with Crippen LogP contribution in [-0.2, 0) is 10.0 Å². The van der Waals surface area contributed by atoms with Gasteiger partial charge < -0.3 is 5.43 Å². The number of nitro benzene ring substituents is 1. The summed E-state index contributed by atoms with van der Waals surface area (Å²) in [4.78, 5) is 10.0. The van der Waals surface area contributed by atoms with E-state index in [4.69, 9.17) is 5.84 Å². The molecule has 0 heterocycles. The van der Waals surface area contributed by atoms with Gasteiger partial charge in [-0.1, -0.05) is 0 Å². The summed E-state index contributed by atoms with van der Waals surface area (Å²) in [6, 6.07) is 3.41. The first-order valence-corrected chi connectivity index (χ1v) is 8.53. The normalized spacial score (nSPS) is 11.3. The van der Waals surface area contributed by atoms with Gasteiger partial charge in [0.2, 0.25) is 10.0 Å². The monoisotopic (exact) mass is 320 g/mol. The minimum atomic E-state index is -3.69. The fraction of sp³-hybridized carbons (Fsp3) is 0.400. The second kappa shape index (κ2) is 7.43. The molecule has 0 saturated heterocycles. The van der Waals surface area contributed by atoms with Gasteiger partial charge in [0.05, 0.1) is 9.82 Å². The maximum atomic E-state index is 12.0. The Morgan fingerprint density at radius 3 is 2.70 bits per heavy atom. The number of hydrogen-bond acceptors (Lipinski definition) is 7. The summed E-state index contributed by atoms with van der Waals surface area (Å²) in [6.07, 6.45) is 2.64. The van der Waals surface area contributed by atoms with Crippen LogP contribution in [-0.4, -0.2) is 31.9 Å². The zero-order valence-corrected chi connectivity index (χ0v) is 12.5. The number of hydrazine groups is 1. The van der Waals surface area contributed by atoms with E-state index in [-0.39, 0.29) is 16.3 Å². The van der Waals surface area contributed by atoms with Crippen LogP contribution < -0.4 is 16.0 Å². The van der Waals surface area contributed by atoms with Crippen molar-refractivity contribution in [2.45, 2.75) is 11.3 Å². The minimum absolute atomic E-state index is 0.0537. The highest BCUT2D eigenvalue weighted by atomic mass is 32.2. The molecule has 1 rings (SSSR count). The van der Waals surface area contributed by atoms with Crippen LogP contribution in [0, 0.1) is 10.1 Å². The standard InChI is InChI=1S/C10H16N4O4S2/c1-19-6-2-5-12-20(17,18)8-3-4-10(14(15)16)9(7-8)13-11/h3-4,7,12-13H,2,5-6,11H2,1H3. The average molecular weight is 320 g/mol. The molecule has 10 heteroatoms. The Kier molecular flexibility index (Phi) is 6.20. The maximum absolute atomic E-state index is 12.0. The summed E-state index contributed by atoms with van der Waals surface area (Å²) in [5.41, 5.74) is 1.79. The van der Waals surface area contributed by atoms with Crippen molar-refractivity contribution in [3.63, 3.8) is 0 Å². The van der Waals surface area contributed by atoms with Crippen LogP contribution in [0.1, 0.15) is 6.42 Å². The largest absolute Gasteiger partial charge is 0.318 e. The van der Waals surface area contributed by atoms with Crippen molar-refractivity contribution in [3.05, 3.63) is 28.3 Å². The third-order valence-electron chi connectivity index (χ3n) is 2.45. The second-order valence-electron chi connectivity index (χ2n) is 3.82. The Bertz CT molecular complexity index is 577. The van der Waals surface area contributed by atoms with Gasteiger partial charge in [-0.3, -0.25) is 16.0 Å². The topological polar surface area (TPSA) is 127 Å². The first-order chi connectivity index (χ1) is 9.42. The molecule has 0 atom stereocenters. The van der Waals surface area contributed by atoms with Gasteiger partial charge in [-0.15, -0.1) is 0 Å². The van der Waals surface area contributed by atoms with Crippen molar-refractivity contribution < 1.29 is 13.3 Å². The summed E-state index contributed by atoms with van der Waals surface area (Å²) in [6.45, 7) is 0.311. The highest BCUT2D eigenvalue weighted by Crippen LogP contribution is 2.26. The lowest BCUT2D eigenvalue weighted by atomic mass is 10.3. The summed E-state index contributed by atoms with van der Waals surface area (Å²) >= 11 is 1.62. The SMILES string of the molecule is CSCCCNS(=O)(=O)c1ccc([N+](=O)[O-])c(NN)c1. The number of nitrogen functional groups attached to an aromatic ring is 1. The van der Waals surface area contributed by atoms with Gasteiger partial charge in [-0.2, -0.15) is 11.8 Å². The molecule has 0 bridgehead atoms. The lowest BCUT2D eigenvalue weighted by Crippen LogP contribution is -2.25. The van der Waals surface area contributed by atoms with Crippen molar-refractivity contribution in [2.24, 2.45) is 5.84 Å². The summed E-state index contributed by atoms with van der Waals surface area (Å²) < 4.78 is 26.4. The molecule has 112 valence electrons. The third kappa shape index (κ3) is 4.34. The molecule has 0 aliphatic rings. The van der Waals surface area contributed by atoms with E-state index in [0.29, 0.717) is 13.0 Å². The molecule has 0 amide bonds. The number of anilines is 1. The zero-order valence-electron chi connectivity index (χ0n) is 10.8. The van der Waals surface area contributed by atoms with E-state index in [0.717, 1.165) is 17.9 Å². The number of rotatable bonds is 8. The van der Waals surface area contributed by atoms with Crippen LogP contribution in [0.3, 0.4) is 0 Å². The van der Waals surface area contributed by atoms with E-state index in [1.165, 1.54) is 6.07 Å². The first-order valence-electron chi connectivity index (χ1n) is 5.66. The van der Waals surface area contributed by atoms with E-state index < -0.39 is 14.9 Å². The molecule has 4 N–H and O–H groups in total. The number of nitrogens with zero attached hydrogens (tertiary/aromatic N) is 1. The molecule has 0 saturated carbocycles. The number of nitrogens with two attached hydrogens (primary N) is 1. The number of sulfonamides is 1. The molecule has 20 heavy (non-hydrogen) atoms. The van der Waals surface area contributed by atoms with Crippen LogP contribution in [0.25, 0.3) is 0 Å². The van der Waals surface area contributed by atoms with Crippen LogP contribution >= 0.6 is 11.8 Å². The van der Waals surface area contributed by atoms with Gasteiger partial charge >= 0.3 is 0 Å². The van der Waals surface area contributed by atoms with Crippen molar-refractivity contribution >= 4 is 33.2 Å². The van der Waals surface area contributed by atoms with E-state index in [2.05, 4.69) is 10.1 Å². The maximum Gasteiger partial charge on any atom is 0.293 e. The van der Waals surface area contributed by atoms with Crippen molar-refractivity contribution in [3.8, 4) is 0 Å². The predicted molar refractivity (Wildman–Crippen MR) is 79.1 cm³/mol. The van der Waals surface area contributed by atoms with Gasteiger partial charge in [-0.25, -0.2) is 13.1 Å². The zero-order chi connectivity index (χ0) is 15.2. The number of nitrogens with one attached hydrogen (secondary N) is 2. The average Bonchev–Trinajstić information content (AvgIpc) is 2.42. The van der Waals surface area contributed by atoms with Crippen LogP contribution in [0.4, 0.5) is 11.4 Å². The van der Waals surface area contributed by atoms with Crippen molar-refractivity contribution in [1.82, 2.24) is 4.72 Å². The fourth-order valence-corrected chi connectivity index (χ4v) is 3.00. The van der Waals surface area contributed by atoms with E-state index in [9.17, 15) is 18.5 Å². The number of benzene rings is 1. The highest BCUT2D eigenvalue weighted by Gasteiger charge is 2.19. The highest BCUT2D eigenvalue weighted by molar-refractivity contribution is 7.98. The lowest BCUT2D eigenvalue weighted by molar-refractivity contribution is -0.384. The van der Waals surface area contributed by atoms with Gasteiger partial charge in [0.25, 0.3) is 5.69 Å². The molecule has 0 aromatic heterocycles. The van der Waals surface area contributed by atoms with Gasteiger partial charge in [0, 0.05) is 12.6 Å². The van der Waals surface area contributed by atoms with E-state index >= 15 is 0 Å².